The van der Waals surface area contributed by atoms with Crippen LogP contribution in [0.5, 0.6) is 0 Å². The van der Waals surface area contributed by atoms with Crippen LogP contribution < -0.4 is 16.3 Å². The van der Waals surface area contributed by atoms with Crippen LogP contribution in [0.3, 0.4) is 0 Å². The predicted octanol–water partition coefficient (Wildman–Crippen LogP) is 2.45. The zero-order valence-corrected chi connectivity index (χ0v) is 21.5. The maximum absolute atomic E-state index is 14.0. The first-order valence-electron chi connectivity index (χ1n) is 11.7. The second-order valence-electron chi connectivity index (χ2n) is 8.69. The maximum Gasteiger partial charge on any atom is 0.410 e. The molecule has 2 atom stereocenters. The summed E-state index contributed by atoms with van der Waals surface area (Å²) in [5.41, 5.74) is -0.501. The first kappa shape index (κ1) is 26.8. The molecule has 4 heterocycles. The smallest absolute Gasteiger partial charge is 0.342 e. The topological polar surface area (TPSA) is 125 Å². The Hall–Kier alpha value is -3.75. The van der Waals surface area contributed by atoms with Gasteiger partial charge >= 0.3 is 11.9 Å². The molecule has 1 aliphatic rings. The minimum atomic E-state index is -4.83. The number of nitrogens with zero attached hydrogens (tertiary/aromatic N) is 7. The highest BCUT2D eigenvalue weighted by Gasteiger charge is 2.43. The maximum atomic E-state index is 14.0. The van der Waals surface area contributed by atoms with Crippen LogP contribution in [0.4, 0.5) is 13.2 Å². The second-order valence-corrected chi connectivity index (χ2v) is 9.54. The molecule has 1 saturated heterocycles. The molecule has 0 radical (unpaired) electrons. The molecule has 11 nitrogen and oxygen atoms in total. The molecule has 39 heavy (non-hydrogen) atoms. The average molecular weight is 582 g/mol. The number of nitrogens with one attached hydrogen (secondary N) is 2. The van der Waals surface area contributed by atoms with E-state index in [0.29, 0.717) is 34.4 Å². The summed E-state index contributed by atoms with van der Waals surface area (Å²) in [6.07, 6.45) is -1.55. The average Bonchev–Trinajstić information content (AvgIpc) is 3.43. The molecule has 2 N–H and O–H groups in total. The van der Waals surface area contributed by atoms with Gasteiger partial charge in [0.25, 0.3) is 0 Å². The molecular weight excluding hydrogens is 562 g/mol. The third-order valence-electron chi connectivity index (χ3n) is 6.03. The van der Waals surface area contributed by atoms with Crippen molar-refractivity contribution in [1.29, 1.82) is 0 Å². The van der Waals surface area contributed by atoms with E-state index in [4.69, 9.17) is 23.2 Å². The van der Waals surface area contributed by atoms with Gasteiger partial charge in [-0.05, 0) is 49.4 Å². The Balaban J connectivity index is 1.49. The van der Waals surface area contributed by atoms with Gasteiger partial charge in [-0.2, -0.15) is 13.2 Å². The number of alkyl halides is 3. The van der Waals surface area contributed by atoms with Gasteiger partial charge in [-0.1, -0.05) is 23.2 Å². The highest BCUT2D eigenvalue weighted by Crippen LogP contribution is 2.25. The van der Waals surface area contributed by atoms with E-state index in [0.717, 1.165) is 9.25 Å². The van der Waals surface area contributed by atoms with Crippen LogP contribution in [0, 0.1) is 0 Å². The van der Waals surface area contributed by atoms with Crippen molar-refractivity contribution in [2.75, 3.05) is 6.54 Å². The number of carbonyl (C=O) groups excluding carboxylic acids is 1. The van der Waals surface area contributed by atoms with E-state index in [1.54, 1.807) is 12.1 Å². The first-order valence-corrected chi connectivity index (χ1v) is 12.4. The quantitative estimate of drug-likeness (QED) is 0.327. The van der Waals surface area contributed by atoms with E-state index >= 15 is 0 Å². The summed E-state index contributed by atoms with van der Waals surface area (Å²) in [7, 11) is 0. The highest BCUT2D eigenvalue weighted by molar-refractivity contribution is 6.32. The van der Waals surface area contributed by atoms with E-state index in [9.17, 15) is 22.8 Å². The molecule has 1 aliphatic heterocycles. The molecule has 2 unspecified atom stereocenters. The lowest BCUT2D eigenvalue weighted by atomic mass is 10.1. The second kappa shape index (κ2) is 10.8. The molecule has 0 saturated carbocycles. The van der Waals surface area contributed by atoms with E-state index in [1.807, 2.05) is 5.32 Å². The zero-order valence-electron chi connectivity index (χ0n) is 19.9. The van der Waals surface area contributed by atoms with Crippen molar-refractivity contribution in [3.8, 4) is 17.2 Å². The molecule has 0 bridgehead atoms. The van der Waals surface area contributed by atoms with Crippen LogP contribution in [-0.2, 0) is 17.9 Å². The Morgan fingerprint density at radius 1 is 1.15 bits per heavy atom. The van der Waals surface area contributed by atoms with Crippen molar-refractivity contribution >= 4 is 29.1 Å². The van der Waals surface area contributed by atoms with Gasteiger partial charge < -0.3 is 10.6 Å². The zero-order chi connectivity index (χ0) is 27.7. The van der Waals surface area contributed by atoms with Gasteiger partial charge in [-0.25, -0.2) is 24.1 Å². The number of hydrogen-bond donors (Lipinski definition) is 2. The van der Waals surface area contributed by atoms with Crippen molar-refractivity contribution in [3.63, 3.8) is 0 Å². The molecule has 3 aromatic heterocycles. The van der Waals surface area contributed by atoms with Crippen LogP contribution in [0.15, 0.2) is 53.7 Å². The van der Waals surface area contributed by atoms with E-state index in [-0.39, 0.29) is 18.2 Å². The van der Waals surface area contributed by atoms with Gasteiger partial charge in [-0.3, -0.25) is 9.36 Å². The summed E-state index contributed by atoms with van der Waals surface area (Å²) in [5.74, 6) is -0.390. The fraction of sp³-hybridized carbons (Fsp3) is 0.304. The lowest BCUT2D eigenvalue weighted by Gasteiger charge is -2.29. The number of carbonyl (C=O) groups is 1. The summed E-state index contributed by atoms with van der Waals surface area (Å²) in [6, 6.07) is 6.32. The van der Waals surface area contributed by atoms with E-state index < -0.39 is 36.4 Å². The third-order valence-corrected chi connectivity index (χ3v) is 6.58. The number of amides is 1. The summed E-state index contributed by atoms with van der Waals surface area (Å²) in [5, 5.41) is 14.0. The van der Waals surface area contributed by atoms with Gasteiger partial charge in [0, 0.05) is 16.8 Å². The highest BCUT2D eigenvalue weighted by atomic mass is 35.5. The van der Waals surface area contributed by atoms with Gasteiger partial charge in [0.05, 0.1) is 17.6 Å². The molecule has 0 spiro atoms. The summed E-state index contributed by atoms with van der Waals surface area (Å²) < 4.78 is 45.1. The number of hydrogen-bond acceptors (Lipinski definition) is 7. The summed E-state index contributed by atoms with van der Waals surface area (Å²) in [6.45, 7) is -0.610. The fourth-order valence-corrected chi connectivity index (χ4v) is 4.21. The van der Waals surface area contributed by atoms with Gasteiger partial charge in [0.2, 0.25) is 5.91 Å². The largest absolute Gasteiger partial charge is 0.410 e. The Morgan fingerprint density at radius 2 is 1.90 bits per heavy atom. The normalized spacial score (nSPS) is 16.1. The predicted molar refractivity (Wildman–Crippen MR) is 135 cm³/mol. The lowest BCUT2D eigenvalue weighted by Crippen LogP contribution is -2.58. The monoisotopic (exact) mass is 581 g/mol. The van der Waals surface area contributed by atoms with Crippen molar-refractivity contribution < 1.29 is 18.0 Å². The van der Waals surface area contributed by atoms with Gasteiger partial charge in [-0.15, -0.1) is 10.2 Å². The van der Waals surface area contributed by atoms with Crippen molar-refractivity contribution in [1.82, 2.24) is 44.7 Å². The van der Waals surface area contributed by atoms with Crippen LogP contribution in [0.2, 0.25) is 10.0 Å². The SMILES string of the molecule is O=C(NC(Cn1c(-c2ccc(Cl)cc2)nn(Cc2ncn(-c3ncccc3Cl)n2)c1=O)C(F)(F)F)C1CCN1. The number of pyridine rings is 1. The molecule has 1 aromatic carbocycles. The summed E-state index contributed by atoms with van der Waals surface area (Å²) >= 11 is 12.1. The van der Waals surface area contributed by atoms with Gasteiger partial charge in [0.15, 0.2) is 17.5 Å². The van der Waals surface area contributed by atoms with Crippen LogP contribution in [0.25, 0.3) is 17.2 Å². The Bertz CT molecular complexity index is 1550. The van der Waals surface area contributed by atoms with Crippen molar-refractivity contribution in [2.45, 2.75) is 37.8 Å². The van der Waals surface area contributed by atoms with Gasteiger partial charge in [0.1, 0.15) is 18.9 Å². The van der Waals surface area contributed by atoms with Crippen LogP contribution in [0.1, 0.15) is 12.2 Å². The van der Waals surface area contributed by atoms with Crippen molar-refractivity contribution in [2.24, 2.45) is 0 Å². The van der Waals surface area contributed by atoms with Crippen molar-refractivity contribution in [3.05, 3.63) is 75.3 Å². The molecular formula is C23H20Cl2F3N9O2. The number of halogens is 5. The van der Waals surface area contributed by atoms with Crippen LogP contribution in [-0.4, -0.2) is 64.8 Å². The lowest BCUT2D eigenvalue weighted by molar-refractivity contribution is -0.165. The van der Waals surface area contributed by atoms with E-state index in [2.05, 4.69) is 25.5 Å². The third kappa shape index (κ3) is 5.82. The number of aromatic nitrogens is 7. The molecule has 204 valence electrons. The summed E-state index contributed by atoms with van der Waals surface area (Å²) in [4.78, 5) is 34.0. The Kier molecular flexibility index (Phi) is 7.42. The first-order chi connectivity index (χ1) is 18.6. The van der Waals surface area contributed by atoms with Crippen LogP contribution >= 0.6 is 23.2 Å². The number of rotatable bonds is 8. The molecule has 0 aliphatic carbocycles. The minimum absolute atomic E-state index is 0.0471. The molecule has 1 amide bonds. The Labute approximate surface area is 228 Å². The molecule has 16 heteroatoms. The minimum Gasteiger partial charge on any atom is -0.342 e. The standard InChI is InChI=1S/C23H20Cl2F3N9O2/c24-14-5-3-13(4-6-14)19-34-36(11-18-31-12-37(33-18)20-15(25)2-1-8-30-20)22(39)35(19)10-17(23(26,27)28)32-21(38)16-7-9-29-16/h1-6,8,12,16-17,29H,7,9-11H2,(H,32,38). The fourth-order valence-electron chi connectivity index (χ4n) is 3.87. The molecule has 5 rings (SSSR count). The molecule has 1 fully saturated rings. The Morgan fingerprint density at radius 3 is 2.54 bits per heavy atom. The number of benzene rings is 1. The molecule has 4 aromatic rings. The van der Waals surface area contributed by atoms with E-state index in [1.165, 1.54) is 41.5 Å².